The number of hydrogen-bond acceptors (Lipinski definition) is 5. The minimum Gasteiger partial charge on any atom is -0.459 e. The molecule has 0 bridgehead atoms. The maximum atomic E-state index is 13.2. The fourth-order valence-electron chi connectivity index (χ4n) is 6.06. The summed E-state index contributed by atoms with van der Waals surface area (Å²) in [5.41, 5.74) is 0.133. The second-order valence-electron chi connectivity index (χ2n) is 11.3. The van der Waals surface area contributed by atoms with E-state index in [0.29, 0.717) is 0 Å². The highest BCUT2D eigenvalue weighted by Crippen LogP contribution is 2.47. The van der Waals surface area contributed by atoms with E-state index in [2.05, 4.69) is 18.7 Å². The summed E-state index contributed by atoms with van der Waals surface area (Å²) < 4.78 is 6.04. The van der Waals surface area contributed by atoms with Crippen molar-refractivity contribution in [1.29, 1.82) is 0 Å². The second kappa shape index (κ2) is 16.9. The number of nitrogens with zero attached hydrogens (tertiary/aromatic N) is 1. The average molecular weight is 482 g/mol. The van der Waals surface area contributed by atoms with Crippen molar-refractivity contribution in [2.75, 3.05) is 26.2 Å². The van der Waals surface area contributed by atoms with Crippen molar-refractivity contribution < 1.29 is 19.7 Å². The molecular weight excluding hydrogens is 426 g/mol. The Kier molecular flexibility index (Phi) is 14.7. The number of rotatable bonds is 18. The van der Waals surface area contributed by atoms with Crippen LogP contribution in [0, 0.1) is 11.3 Å². The predicted octanol–water partition coefficient (Wildman–Crippen LogP) is 6.24. The quantitative estimate of drug-likeness (QED) is 0.179. The topological polar surface area (TPSA) is 70.0 Å². The second-order valence-corrected chi connectivity index (χ2v) is 11.3. The third-order valence-corrected chi connectivity index (χ3v) is 8.42. The predicted molar refractivity (Wildman–Crippen MR) is 140 cm³/mol. The molecule has 0 aromatic heterocycles. The standard InChI is InChI=1S/C29H55NO4/c1-3-5-7-9-10-12-16-25(15-11-8-6-4-2)28(33)34-27-24-29(23-26(27)32)17-20-30(21-18-29)19-13-14-22-31/h25-27,31-32H,3-24H2,1-2H3. The molecule has 3 unspecified atom stereocenters. The van der Waals surface area contributed by atoms with Gasteiger partial charge in [-0.25, -0.2) is 0 Å². The molecule has 1 aliphatic heterocycles. The zero-order valence-electron chi connectivity index (χ0n) is 22.4. The number of likely N-dealkylation sites (tertiary alicyclic amines) is 1. The lowest BCUT2D eigenvalue weighted by Gasteiger charge is -2.39. The van der Waals surface area contributed by atoms with Crippen molar-refractivity contribution in [2.24, 2.45) is 11.3 Å². The largest absolute Gasteiger partial charge is 0.459 e. The molecule has 34 heavy (non-hydrogen) atoms. The van der Waals surface area contributed by atoms with Crippen molar-refractivity contribution in [3.63, 3.8) is 0 Å². The number of piperidine rings is 1. The molecule has 1 spiro atoms. The monoisotopic (exact) mass is 481 g/mol. The summed E-state index contributed by atoms with van der Waals surface area (Å²) in [6, 6.07) is 0. The molecule has 3 atom stereocenters. The van der Waals surface area contributed by atoms with Gasteiger partial charge in [-0.2, -0.15) is 0 Å². The van der Waals surface area contributed by atoms with Gasteiger partial charge in [-0.05, 0) is 76.4 Å². The highest BCUT2D eigenvalue weighted by molar-refractivity contribution is 5.72. The number of aliphatic hydroxyl groups is 2. The van der Waals surface area contributed by atoms with E-state index in [0.717, 1.165) is 83.8 Å². The molecule has 1 heterocycles. The van der Waals surface area contributed by atoms with Crippen LogP contribution in [0.4, 0.5) is 0 Å². The van der Waals surface area contributed by atoms with E-state index in [1.54, 1.807) is 0 Å². The van der Waals surface area contributed by atoms with E-state index in [1.807, 2.05) is 0 Å². The molecule has 5 heteroatoms. The average Bonchev–Trinajstić information content (AvgIpc) is 3.13. The third-order valence-electron chi connectivity index (χ3n) is 8.42. The first-order valence-corrected chi connectivity index (χ1v) is 14.8. The smallest absolute Gasteiger partial charge is 0.309 e. The number of ether oxygens (including phenoxy) is 1. The molecule has 0 aromatic rings. The van der Waals surface area contributed by atoms with E-state index in [9.17, 15) is 9.90 Å². The van der Waals surface area contributed by atoms with Crippen LogP contribution in [0.1, 0.15) is 129 Å². The lowest BCUT2D eigenvalue weighted by Crippen LogP contribution is -2.39. The van der Waals surface area contributed by atoms with Gasteiger partial charge in [-0.1, -0.05) is 78.1 Å². The van der Waals surface area contributed by atoms with Crippen molar-refractivity contribution in [1.82, 2.24) is 4.90 Å². The molecule has 0 amide bonds. The van der Waals surface area contributed by atoms with Gasteiger partial charge in [0.05, 0.1) is 12.0 Å². The van der Waals surface area contributed by atoms with Crippen LogP contribution < -0.4 is 0 Å². The highest BCUT2D eigenvalue weighted by atomic mass is 16.6. The number of esters is 1. The molecule has 1 saturated carbocycles. The van der Waals surface area contributed by atoms with Crippen LogP contribution in [0.25, 0.3) is 0 Å². The van der Waals surface area contributed by atoms with Crippen LogP contribution in [-0.4, -0.2) is 59.5 Å². The fraction of sp³-hybridized carbons (Fsp3) is 0.966. The summed E-state index contributed by atoms with van der Waals surface area (Å²) in [6.07, 6.45) is 18.9. The van der Waals surface area contributed by atoms with E-state index in [1.165, 1.54) is 51.4 Å². The summed E-state index contributed by atoms with van der Waals surface area (Å²) >= 11 is 0. The fourth-order valence-corrected chi connectivity index (χ4v) is 6.06. The number of carbonyl (C=O) groups excluding carboxylic acids is 1. The molecule has 2 rings (SSSR count). The van der Waals surface area contributed by atoms with E-state index >= 15 is 0 Å². The first kappa shape index (κ1) is 29.6. The van der Waals surface area contributed by atoms with Crippen LogP contribution in [0.3, 0.4) is 0 Å². The zero-order valence-corrected chi connectivity index (χ0v) is 22.4. The van der Waals surface area contributed by atoms with Crippen LogP contribution in [0.2, 0.25) is 0 Å². The lowest BCUT2D eigenvalue weighted by atomic mass is 9.77. The Hall–Kier alpha value is -0.650. The Morgan fingerprint density at radius 2 is 1.47 bits per heavy atom. The maximum absolute atomic E-state index is 13.2. The van der Waals surface area contributed by atoms with Gasteiger partial charge in [0.15, 0.2) is 0 Å². The van der Waals surface area contributed by atoms with Gasteiger partial charge >= 0.3 is 5.97 Å². The number of aliphatic hydroxyl groups excluding tert-OH is 2. The highest BCUT2D eigenvalue weighted by Gasteiger charge is 2.48. The number of unbranched alkanes of at least 4 members (excludes halogenated alkanes) is 9. The van der Waals surface area contributed by atoms with Gasteiger partial charge in [-0.3, -0.25) is 4.79 Å². The van der Waals surface area contributed by atoms with Crippen LogP contribution in [0.15, 0.2) is 0 Å². The summed E-state index contributed by atoms with van der Waals surface area (Å²) in [5, 5.41) is 19.8. The van der Waals surface area contributed by atoms with Crippen molar-refractivity contribution >= 4 is 5.97 Å². The molecule has 2 fully saturated rings. The van der Waals surface area contributed by atoms with Crippen molar-refractivity contribution in [3.05, 3.63) is 0 Å². The maximum Gasteiger partial charge on any atom is 0.309 e. The van der Waals surface area contributed by atoms with Gasteiger partial charge in [0.1, 0.15) is 6.10 Å². The van der Waals surface area contributed by atoms with Gasteiger partial charge in [-0.15, -0.1) is 0 Å². The van der Waals surface area contributed by atoms with Crippen LogP contribution >= 0.6 is 0 Å². The van der Waals surface area contributed by atoms with Crippen molar-refractivity contribution in [2.45, 2.75) is 142 Å². The first-order valence-electron chi connectivity index (χ1n) is 14.8. The van der Waals surface area contributed by atoms with E-state index in [-0.39, 0.29) is 30.0 Å². The molecule has 200 valence electrons. The normalized spacial score (nSPS) is 23.4. The van der Waals surface area contributed by atoms with E-state index in [4.69, 9.17) is 9.84 Å². The Balaban J connectivity index is 1.80. The minimum atomic E-state index is -0.514. The Bertz CT molecular complexity index is 532. The van der Waals surface area contributed by atoms with Crippen molar-refractivity contribution in [3.8, 4) is 0 Å². The Morgan fingerprint density at radius 3 is 2.09 bits per heavy atom. The summed E-state index contributed by atoms with van der Waals surface area (Å²) in [5.74, 6) is -0.0484. The summed E-state index contributed by atoms with van der Waals surface area (Å²) in [4.78, 5) is 15.7. The molecular formula is C29H55NO4. The van der Waals surface area contributed by atoms with Crippen LogP contribution in [0.5, 0.6) is 0 Å². The zero-order chi connectivity index (χ0) is 24.7. The number of hydrogen-bond donors (Lipinski definition) is 2. The third kappa shape index (κ3) is 10.5. The molecule has 2 N–H and O–H groups in total. The van der Waals surface area contributed by atoms with Crippen LogP contribution in [-0.2, 0) is 9.53 Å². The molecule has 0 aromatic carbocycles. The van der Waals surface area contributed by atoms with E-state index < -0.39 is 6.10 Å². The summed E-state index contributed by atoms with van der Waals surface area (Å²) in [6.45, 7) is 7.89. The first-order chi connectivity index (χ1) is 16.5. The Morgan fingerprint density at radius 1 is 0.882 bits per heavy atom. The van der Waals surface area contributed by atoms with Gasteiger partial charge in [0, 0.05) is 6.61 Å². The van der Waals surface area contributed by atoms with Gasteiger partial charge in [0.25, 0.3) is 0 Å². The molecule has 2 aliphatic rings. The summed E-state index contributed by atoms with van der Waals surface area (Å²) in [7, 11) is 0. The lowest BCUT2D eigenvalue weighted by molar-refractivity contribution is -0.159. The molecule has 1 saturated heterocycles. The number of carbonyl (C=O) groups is 1. The minimum absolute atomic E-state index is 0.000142. The molecule has 0 radical (unpaired) electrons. The van der Waals surface area contributed by atoms with Gasteiger partial charge in [0.2, 0.25) is 0 Å². The SMILES string of the molecule is CCCCCCCCC(CCCCCC)C(=O)OC1CC2(CCN(CCCCO)CC2)CC1O. The molecule has 1 aliphatic carbocycles. The molecule has 5 nitrogen and oxygen atoms in total. The Labute approximate surface area is 210 Å². The van der Waals surface area contributed by atoms with Gasteiger partial charge < -0.3 is 19.8 Å².